The third-order valence-electron chi connectivity index (χ3n) is 5.75. The minimum absolute atomic E-state index is 0.130. The van der Waals surface area contributed by atoms with Crippen molar-refractivity contribution in [3.63, 3.8) is 0 Å². The highest BCUT2D eigenvalue weighted by Gasteiger charge is 2.32. The molecular weight excluding hydrogens is 498 g/mol. The monoisotopic (exact) mass is 523 g/mol. The number of aromatic nitrogens is 1. The molecule has 0 atom stereocenters. The maximum absolute atomic E-state index is 13.8. The second-order valence-electron chi connectivity index (χ2n) is 8.15. The predicted molar refractivity (Wildman–Crippen MR) is 138 cm³/mol. The lowest BCUT2D eigenvalue weighted by molar-refractivity contribution is -0.387. The summed E-state index contributed by atoms with van der Waals surface area (Å²) in [5.74, 6) is 1.20. The lowest BCUT2D eigenvalue weighted by atomic mass is 10.1. The van der Waals surface area contributed by atoms with Crippen LogP contribution in [0.5, 0.6) is 11.5 Å². The maximum Gasteiger partial charge on any atom is 0.289 e. The normalized spacial score (nSPS) is 11.5. The van der Waals surface area contributed by atoms with E-state index in [2.05, 4.69) is 4.98 Å². The van der Waals surface area contributed by atoms with Crippen molar-refractivity contribution in [3.8, 4) is 11.5 Å². The number of nitro groups is 1. The Morgan fingerprint density at radius 1 is 0.973 bits per heavy atom. The number of hydrogen-bond donors (Lipinski definition) is 1. The lowest BCUT2D eigenvalue weighted by Crippen LogP contribution is -2.33. The van der Waals surface area contributed by atoms with E-state index in [0.29, 0.717) is 34.6 Å². The van der Waals surface area contributed by atoms with Gasteiger partial charge in [-0.2, -0.15) is 4.31 Å². The molecule has 0 amide bonds. The number of nitrogens with zero attached hydrogens (tertiary/aromatic N) is 2. The van der Waals surface area contributed by atoms with Crippen LogP contribution in [-0.2, 0) is 23.1 Å². The van der Waals surface area contributed by atoms with Gasteiger partial charge in [-0.05, 0) is 55.0 Å². The number of aromatic amines is 1. The van der Waals surface area contributed by atoms with E-state index < -0.39 is 31.1 Å². The number of sulfonamides is 1. The Morgan fingerprint density at radius 3 is 2.35 bits per heavy atom. The Balaban J connectivity index is 1.80. The summed E-state index contributed by atoms with van der Waals surface area (Å²) in [6.45, 7) is 1.87. The molecule has 0 unspecified atom stereocenters. The molecule has 0 bridgehead atoms. The van der Waals surface area contributed by atoms with E-state index in [1.54, 1.807) is 48.5 Å². The third-order valence-corrected chi connectivity index (χ3v) is 7.59. The molecule has 0 aliphatic heterocycles. The summed E-state index contributed by atoms with van der Waals surface area (Å²) in [7, 11) is -2.88. The van der Waals surface area contributed by atoms with Gasteiger partial charge in [-0.15, -0.1) is 0 Å². The fourth-order valence-electron chi connectivity index (χ4n) is 3.92. The van der Waals surface area contributed by atoms with E-state index in [-0.39, 0.29) is 18.7 Å². The van der Waals surface area contributed by atoms with E-state index in [1.807, 2.05) is 6.92 Å². The van der Waals surface area contributed by atoms with Crippen LogP contribution in [0.4, 0.5) is 5.69 Å². The highest BCUT2D eigenvalue weighted by atomic mass is 32.2. The van der Waals surface area contributed by atoms with E-state index in [1.165, 1.54) is 25.3 Å². The Bertz CT molecular complexity index is 1600. The zero-order valence-electron chi connectivity index (χ0n) is 20.2. The molecule has 0 radical (unpaired) electrons. The number of ether oxygens (including phenoxy) is 2. The first-order chi connectivity index (χ1) is 17.7. The Morgan fingerprint density at radius 2 is 1.68 bits per heavy atom. The summed E-state index contributed by atoms with van der Waals surface area (Å²) in [5, 5.41) is 12.3. The molecule has 37 heavy (non-hydrogen) atoms. The first-order valence-corrected chi connectivity index (χ1v) is 12.8. The second kappa shape index (κ2) is 10.8. The van der Waals surface area contributed by atoms with E-state index in [0.717, 1.165) is 10.4 Å². The zero-order chi connectivity index (χ0) is 26.6. The second-order valence-corrected chi connectivity index (χ2v) is 10.1. The fourth-order valence-corrected chi connectivity index (χ4v) is 5.48. The van der Waals surface area contributed by atoms with Gasteiger partial charge in [0.2, 0.25) is 0 Å². The van der Waals surface area contributed by atoms with Crippen LogP contribution in [0.15, 0.2) is 82.5 Å². The fraction of sp³-hybridized carbons (Fsp3) is 0.192. The van der Waals surface area contributed by atoms with Gasteiger partial charge in [0.1, 0.15) is 11.5 Å². The third kappa shape index (κ3) is 5.63. The molecule has 11 heteroatoms. The minimum Gasteiger partial charge on any atom is -0.497 e. The number of nitro benzene ring substituents is 1. The van der Waals surface area contributed by atoms with Crippen molar-refractivity contribution in [2.75, 3.05) is 13.7 Å². The highest BCUT2D eigenvalue weighted by molar-refractivity contribution is 7.89. The van der Waals surface area contributed by atoms with Crippen LogP contribution >= 0.6 is 0 Å². The molecule has 0 saturated heterocycles. The Labute approximate surface area is 213 Å². The van der Waals surface area contributed by atoms with Crippen molar-refractivity contribution < 1.29 is 22.8 Å². The molecule has 0 saturated carbocycles. The minimum atomic E-state index is -4.39. The summed E-state index contributed by atoms with van der Waals surface area (Å²) in [6, 6.07) is 18.7. The molecule has 192 valence electrons. The van der Waals surface area contributed by atoms with Crippen molar-refractivity contribution in [1.82, 2.24) is 9.29 Å². The Kier molecular flexibility index (Phi) is 7.55. The standard InChI is InChI=1S/C26H25N3O7S/c1-3-36-22-12-13-23-19(15-22)14-20(26(30)27-23)17-28(16-18-8-10-21(35-2)11-9-18)37(33,34)25-7-5-4-6-24(25)29(31)32/h4-15H,3,16-17H2,1-2H3,(H,27,30). The number of nitrogens with one attached hydrogen (secondary N) is 1. The molecule has 0 aliphatic rings. The van der Waals surface area contributed by atoms with Gasteiger partial charge >= 0.3 is 0 Å². The van der Waals surface area contributed by atoms with E-state index >= 15 is 0 Å². The molecule has 4 aromatic rings. The van der Waals surface area contributed by atoms with Crippen LogP contribution in [0.25, 0.3) is 10.9 Å². The molecule has 1 N–H and O–H groups in total. The largest absolute Gasteiger partial charge is 0.497 e. The number of methoxy groups -OCH3 is 1. The summed E-state index contributed by atoms with van der Waals surface area (Å²) >= 11 is 0. The van der Waals surface area contributed by atoms with Gasteiger partial charge in [0.05, 0.1) is 18.6 Å². The number of fused-ring (bicyclic) bond motifs is 1. The SMILES string of the molecule is CCOc1ccc2[nH]c(=O)c(CN(Cc3ccc(OC)cc3)S(=O)(=O)c3ccccc3[N+](=O)[O-])cc2c1. The van der Waals surface area contributed by atoms with Gasteiger partial charge in [-0.25, -0.2) is 8.42 Å². The number of para-hydroxylation sites is 1. The number of H-pyrrole nitrogens is 1. The quantitative estimate of drug-likeness (QED) is 0.243. The van der Waals surface area contributed by atoms with Crippen LogP contribution in [0.1, 0.15) is 18.1 Å². The first kappa shape index (κ1) is 25.9. The summed E-state index contributed by atoms with van der Waals surface area (Å²) in [4.78, 5) is 26.1. The van der Waals surface area contributed by atoms with Crippen LogP contribution in [-0.4, -0.2) is 36.3 Å². The topological polar surface area (TPSA) is 132 Å². The smallest absolute Gasteiger partial charge is 0.289 e. The summed E-state index contributed by atoms with van der Waals surface area (Å²) in [5.41, 5.74) is 0.348. The van der Waals surface area contributed by atoms with Gasteiger partial charge in [0, 0.05) is 35.6 Å². The van der Waals surface area contributed by atoms with Crippen LogP contribution in [0.3, 0.4) is 0 Å². The van der Waals surface area contributed by atoms with Gasteiger partial charge < -0.3 is 14.5 Å². The predicted octanol–water partition coefficient (Wildman–Crippen LogP) is 4.23. The van der Waals surface area contributed by atoms with Crippen molar-refractivity contribution in [2.45, 2.75) is 24.9 Å². The summed E-state index contributed by atoms with van der Waals surface area (Å²) in [6.07, 6.45) is 0. The molecule has 0 aliphatic carbocycles. The van der Waals surface area contributed by atoms with Crippen LogP contribution in [0, 0.1) is 10.1 Å². The molecule has 4 rings (SSSR count). The first-order valence-electron chi connectivity index (χ1n) is 11.4. The van der Waals surface area contributed by atoms with Crippen molar-refractivity contribution in [2.24, 2.45) is 0 Å². The molecule has 0 fully saturated rings. The zero-order valence-corrected chi connectivity index (χ0v) is 21.0. The van der Waals surface area contributed by atoms with Gasteiger partial charge in [0.15, 0.2) is 4.90 Å². The maximum atomic E-state index is 13.8. The van der Waals surface area contributed by atoms with Crippen molar-refractivity contribution in [1.29, 1.82) is 0 Å². The molecule has 10 nitrogen and oxygen atoms in total. The Hall–Kier alpha value is -4.22. The van der Waals surface area contributed by atoms with Crippen molar-refractivity contribution in [3.05, 3.63) is 104 Å². The van der Waals surface area contributed by atoms with E-state index in [4.69, 9.17) is 9.47 Å². The highest BCUT2D eigenvalue weighted by Crippen LogP contribution is 2.29. The van der Waals surface area contributed by atoms with Crippen LogP contribution < -0.4 is 15.0 Å². The molecule has 1 aromatic heterocycles. The van der Waals surface area contributed by atoms with Gasteiger partial charge in [0.25, 0.3) is 21.3 Å². The average Bonchev–Trinajstić information content (AvgIpc) is 2.89. The summed E-state index contributed by atoms with van der Waals surface area (Å²) < 4.78 is 39.3. The van der Waals surface area contributed by atoms with Gasteiger partial charge in [-0.3, -0.25) is 14.9 Å². The molecular formula is C26H25N3O7S. The van der Waals surface area contributed by atoms with Crippen molar-refractivity contribution >= 4 is 26.6 Å². The molecule has 3 aromatic carbocycles. The number of pyridine rings is 1. The molecule has 0 spiro atoms. The molecule has 1 heterocycles. The number of rotatable bonds is 10. The average molecular weight is 524 g/mol. The van der Waals surface area contributed by atoms with E-state index in [9.17, 15) is 23.3 Å². The number of hydrogen-bond acceptors (Lipinski definition) is 7. The number of benzene rings is 3. The lowest BCUT2D eigenvalue weighted by Gasteiger charge is -2.22. The van der Waals surface area contributed by atoms with Crippen LogP contribution in [0.2, 0.25) is 0 Å². The van der Waals surface area contributed by atoms with Gasteiger partial charge in [-0.1, -0.05) is 24.3 Å².